The van der Waals surface area contributed by atoms with Crippen LogP contribution in [0.5, 0.6) is 11.5 Å². The summed E-state index contributed by atoms with van der Waals surface area (Å²) in [6.07, 6.45) is 0.891. The Balaban J connectivity index is 2.09. The molecule has 0 aliphatic heterocycles. The van der Waals surface area contributed by atoms with Crippen LogP contribution in [0.25, 0.3) is 0 Å². The molecule has 142 valence electrons. The first-order valence-corrected chi connectivity index (χ1v) is 9.56. The molecular formula is C18H24N2O5S. The number of methoxy groups -OCH3 is 3. The van der Waals surface area contributed by atoms with E-state index in [4.69, 9.17) is 14.2 Å². The maximum Gasteiger partial charge on any atom is 0.265 e. The van der Waals surface area contributed by atoms with Crippen LogP contribution in [0.4, 0.5) is 11.4 Å². The lowest BCUT2D eigenvalue weighted by molar-refractivity contribution is 0.198. The molecule has 2 aromatic carbocycles. The van der Waals surface area contributed by atoms with E-state index in [1.165, 1.54) is 26.4 Å². The summed E-state index contributed by atoms with van der Waals surface area (Å²) >= 11 is 0. The predicted octanol–water partition coefficient (Wildman–Crippen LogP) is 2.95. The molecule has 0 radical (unpaired) electrons. The van der Waals surface area contributed by atoms with E-state index in [0.29, 0.717) is 18.0 Å². The van der Waals surface area contributed by atoms with Crippen molar-refractivity contribution in [1.29, 1.82) is 0 Å². The van der Waals surface area contributed by atoms with Gasteiger partial charge in [-0.25, -0.2) is 8.42 Å². The van der Waals surface area contributed by atoms with Crippen molar-refractivity contribution in [2.45, 2.75) is 11.3 Å². The molecule has 2 N–H and O–H groups in total. The summed E-state index contributed by atoms with van der Waals surface area (Å²) in [6, 6.07) is 11.6. The number of hydrogen-bond acceptors (Lipinski definition) is 6. The van der Waals surface area contributed by atoms with Gasteiger partial charge in [-0.05, 0) is 42.8 Å². The highest BCUT2D eigenvalue weighted by Gasteiger charge is 2.20. The number of anilines is 2. The van der Waals surface area contributed by atoms with Gasteiger partial charge in [0.25, 0.3) is 10.0 Å². The van der Waals surface area contributed by atoms with Gasteiger partial charge < -0.3 is 19.5 Å². The van der Waals surface area contributed by atoms with Crippen LogP contribution in [-0.2, 0) is 14.8 Å². The van der Waals surface area contributed by atoms with Gasteiger partial charge in [0.2, 0.25) is 0 Å². The van der Waals surface area contributed by atoms with Gasteiger partial charge in [0.15, 0.2) is 0 Å². The Morgan fingerprint density at radius 3 is 2.23 bits per heavy atom. The number of ether oxygens (including phenoxy) is 3. The van der Waals surface area contributed by atoms with Crippen molar-refractivity contribution in [2.24, 2.45) is 0 Å². The molecule has 0 saturated heterocycles. The average molecular weight is 380 g/mol. The standard InChI is InChI=1S/C18H24N2O5S/c1-23-12-4-11-19-14-5-7-15(8-6-14)20-26(21,22)18-10-9-16(24-2)13-17(18)25-3/h5-10,13,19-20H,4,11-12H2,1-3H3. The highest BCUT2D eigenvalue weighted by atomic mass is 32.2. The van der Waals surface area contributed by atoms with E-state index >= 15 is 0 Å². The lowest BCUT2D eigenvalue weighted by Gasteiger charge is -2.13. The van der Waals surface area contributed by atoms with Crippen LogP contribution in [0.15, 0.2) is 47.4 Å². The van der Waals surface area contributed by atoms with Crippen LogP contribution in [-0.4, -0.2) is 42.9 Å². The Hall–Kier alpha value is -2.45. The molecule has 0 aliphatic rings. The highest BCUT2D eigenvalue weighted by Crippen LogP contribution is 2.30. The van der Waals surface area contributed by atoms with Gasteiger partial charge in [0.1, 0.15) is 16.4 Å². The van der Waals surface area contributed by atoms with Gasteiger partial charge in [-0.3, -0.25) is 4.72 Å². The highest BCUT2D eigenvalue weighted by molar-refractivity contribution is 7.92. The zero-order chi connectivity index (χ0) is 19.0. The van der Waals surface area contributed by atoms with E-state index in [1.54, 1.807) is 25.3 Å². The summed E-state index contributed by atoms with van der Waals surface area (Å²) < 4.78 is 43.1. The van der Waals surface area contributed by atoms with E-state index in [1.807, 2.05) is 12.1 Å². The normalized spacial score (nSPS) is 11.0. The van der Waals surface area contributed by atoms with Crippen molar-refractivity contribution in [3.8, 4) is 11.5 Å². The molecule has 0 saturated carbocycles. The first-order chi connectivity index (χ1) is 12.5. The van der Waals surface area contributed by atoms with Crippen molar-refractivity contribution in [3.05, 3.63) is 42.5 Å². The monoisotopic (exact) mass is 380 g/mol. The summed E-state index contributed by atoms with van der Waals surface area (Å²) in [5, 5.41) is 3.24. The van der Waals surface area contributed by atoms with Crippen molar-refractivity contribution in [3.63, 3.8) is 0 Å². The zero-order valence-electron chi connectivity index (χ0n) is 15.1. The number of benzene rings is 2. The van der Waals surface area contributed by atoms with Crippen LogP contribution in [0.1, 0.15) is 6.42 Å². The van der Waals surface area contributed by atoms with E-state index in [2.05, 4.69) is 10.0 Å². The van der Waals surface area contributed by atoms with Crippen molar-refractivity contribution >= 4 is 21.4 Å². The maximum absolute atomic E-state index is 12.6. The fourth-order valence-electron chi connectivity index (χ4n) is 2.31. The second-order valence-electron chi connectivity index (χ2n) is 5.47. The minimum atomic E-state index is -3.79. The quantitative estimate of drug-likeness (QED) is 0.617. The second kappa shape index (κ2) is 9.30. The molecule has 0 heterocycles. The molecule has 26 heavy (non-hydrogen) atoms. The number of hydrogen-bond donors (Lipinski definition) is 2. The number of rotatable bonds is 10. The van der Waals surface area contributed by atoms with Crippen molar-refractivity contribution in [1.82, 2.24) is 0 Å². The third-order valence-electron chi connectivity index (χ3n) is 3.65. The zero-order valence-corrected chi connectivity index (χ0v) is 15.9. The van der Waals surface area contributed by atoms with Gasteiger partial charge in [-0.1, -0.05) is 0 Å². The van der Waals surface area contributed by atoms with Gasteiger partial charge in [0, 0.05) is 37.7 Å². The fraction of sp³-hybridized carbons (Fsp3) is 0.333. The van der Waals surface area contributed by atoms with Gasteiger partial charge >= 0.3 is 0 Å². The smallest absolute Gasteiger partial charge is 0.265 e. The molecule has 0 aromatic heterocycles. The molecular weight excluding hydrogens is 356 g/mol. The van der Waals surface area contributed by atoms with Crippen LogP contribution >= 0.6 is 0 Å². The van der Waals surface area contributed by atoms with E-state index in [-0.39, 0.29) is 10.6 Å². The van der Waals surface area contributed by atoms with Crippen LogP contribution in [0, 0.1) is 0 Å². The van der Waals surface area contributed by atoms with Crippen molar-refractivity contribution < 1.29 is 22.6 Å². The van der Waals surface area contributed by atoms with E-state index in [0.717, 1.165) is 18.7 Å². The molecule has 2 aromatic rings. The summed E-state index contributed by atoms with van der Waals surface area (Å²) in [4.78, 5) is 0.0440. The maximum atomic E-state index is 12.6. The second-order valence-corrected chi connectivity index (χ2v) is 7.12. The first-order valence-electron chi connectivity index (χ1n) is 8.08. The molecule has 0 spiro atoms. The minimum absolute atomic E-state index is 0.0440. The van der Waals surface area contributed by atoms with Gasteiger partial charge in [-0.15, -0.1) is 0 Å². The lowest BCUT2D eigenvalue weighted by atomic mass is 10.3. The van der Waals surface area contributed by atoms with E-state index < -0.39 is 10.0 Å². The minimum Gasteiger partial charge on any atom is -0.497 e. The largest absolute Gasteiger partial charge is 0.497 e. The Bertz CT molecular complexity index is 807. The Morgan fingerprint density at radius 1 is 0.923 bits per heavy atom. The molecule has 7 nitrogen and oxygen atoms in total. The van der Waals surface area contributed by atoms with Crippen LogP contribution < -0.4 is 19.5 Å². The van der Waals surface area contributed by atoms with Crippen LogP contribution in [0.2, 0.25) is 0 Å². The third kappa shape index (κ3) is 5.27. The molecule has 0 unspecified atom stereocenters. The van der Waals surface area contributed by atoms with Crippen LogP contribution in [0.3, 0.4) is 0 Å². The topological polar surface area (TPSA) is 85.9 Å². The summed E-state index contributed by atoms with van der Waals surface area (Å²) in [5.74, 6) is 0.734. The molecule has 2 rings (SSSR count). The summed E-state index contributed by atoms with van der Waals surface area (Å²) in [6.45, 7) is 1.47. The SMILES string of the molecule is COCCCNc1ccc(NS(=O)(=O)c2ccc(OC)cc2OC)cc1. The van der Waals surface area contributed by atoms with Gasteiger partial charge in [-0.2, -0.15) is 0 Å². The Morgan fingerprint density at radius 2 is 1.62 bits per heavy atom. The number of nitrogens with one attached hydrogen (secondary N) is 2. The molecule has 0 fully saturated rings. The number of sulfonamides is 1. The average Bonchev–Trinajstić information content (AvgIpc) is 2.65. The molecule has 0 aliphatic carbocycles. The fourth-order valence-corrected chi connectivity index (χ4v) is 3.52. The molecule has 8 heteroatoms. The molecule has 0 atom stereocenters. The third-order valence-corrected chi connectivity index (χ3v) is 5.07. The predicted molar refractivity (Wildman–Crippen MR) is 102 cm³/mol. The molecule has 0 amide bonds. The summed E-state index contributed by atoms with van der Waals surface area (Å²) in [5.41, 5.74) is 1.37. The van der Waals surface area contributed by atoms with Crippen molar-refractivity contribution in [2.75, 3.05) is 44.5 Å². The molecule has 0 bridgehead atoms. The first kappa shape index (κ1) is 19.9. The van der Waals surface area contributed by atoms with Gasteiger partial charge in [0.05, 0.1) is 14.2 Å². The Kier molecular flexibility index (Phi) is 7.11. The Labute approximate surface area is 154 Å². The lowest BCUT2D eigenvalue weighted by Crippen LogP contribution is -2.14. The van der Waals surface area contributed by atoms with E-state index in [9.17, 15) is 8.42 Å². The summed E-state index contributed by atoms with van der Waals surface area (Å²) in [7, 11) is 0.800.